The van der Waals surface area contributed by atoms with Crippen LogP contribution in [0, 0.1) is 0 Å². The highest BCUT2D eigenvalue weighted by molar-refractivity contribution is 5.78. The summed E-state index contributed by atoms with van der Waals surface area (Å²) in [6.07, 6.45) is 10.9. The average molecular weight is 225 g/mol. The molecule has 0 aromatic carbocycles. The number of aromatic nitrogens is 5. The Bertz CT molecular complexity index is 610. The van der Waals surface area contributed by atoms with E-state index < -0.39 is 0 Å². The standard InChI is InChI=1S/C12H11N5/c1-17-8-10(9-2-3-13-6-9)12(16-17)11-7-14-4-5-15-11/h2-8,13H,1H3. The normalized spacial score (nSPS) is 10.6. The van der Waals surface area contributed by atoms with Gasteiger partial charge < -0.3 is 4.98 Å². The van der Waals surface area contributed by atoms with Crippen molar-refractivity contribution in [1.82, 2.24) is 24.7 Å². The minimum absolute atomic E-state index is 0.782. The molecule has 0 aliphatic carbocycles. The second-order valence-electron chi connectivity index (χ2n) is 3.76. The molecule has 0 amide bonds. The predicted molar refractivity (Wildman–Crippen MR) is 64.0 cm³/mol. The summed E-state index contributed by atoms with van der Waals surface area (Å²) in [6, 6.07) is 2.01. The Labute approximate surface area is 98.2 Å². The fourth-order valence-corrected chi connectivity index (χ4v) is 1.80. The highest BCUT2D eigenvalue weighted by Crippen LogP contribution is 2.28. The van der Waals surface area contributed by atoms with Crippen LogP contribution in [0.15, 0.2) is 43.2 Å². The van der Waals surface area contributed by atoms with Crippen molar-refractivity contribution in [3.63, 3.8) is 0 Å². The second kappa shape index (κ2) is 3.86. The third kappa shape index (κ3) is 1.71. The third-order valence-electron chi connectivity index (χ3n) is 2.54. The molecule has 1 N–H and O–H groups in total. The third-order valence-corrected chi connectivity index (χ3v) is 2.54. The van der Waals surface area contributed by atoms with Crippen LogP contribution < -0.4 is 0 Å². The van der Waals surface area contributed by atoms with E-state index in [9.17, 15) is 0 Å². The van der Waals surface area contributed by atoms with E-state index in [4.69, 9.17) is 0 Å². The molecule has 0 unspecified atom stereocenters. The largest absolute Gasteiger partial charge is 0.367 e. The number of aryl methyl sites for hydroxylation is 1. The second-order valence-corrected chi connectivity index (χ2v) is 3.76. The molecule has 0 saturated heterocycles. The first-order valence-electron chi connectivity index (χ1n) is 5.28. The Balaban J connectivity index is 2.18. The van der Waals surface area contributed by atoms with Crippen LogP contribution in [-0.4, -0.2) is 24.7 Å². The van der Waals surface area contributed by atoms with Crippen LogP contribution in [0.2, 0.25) is 0 Å². The maximum Gasteiger partial charge on any atom is 0.120 e. The van der Waals surface area contributed by atoms with Crippen molar-refractivity contribution in [3.05, 3.63) is 43.2 Å². The van der Waals surface area contributed by atoms with Crippen LogP contribution in [0.5, 0.6) is 0 Å². The highest BCUT2D eigenvalue weighted by Gasteiger charge is 2.13. The van der Waals surface area contributed by atoms with Gasteiger partial charge in [0.15, 0.2) is 0 Å². The van der Waals surface area contributed by atoms with Crippen molar-refractivity contribution in [3.8, 4) is 22.5 Å². The van der Waals surface area contributed by atoms with Crippen molar-refractivity contribution in [2.24, 2.45) is 7.05 Å². The summed E-state index contributed by atoms with van der Waals surface area (Å²) in [7, 11) is 1.90. The van der Waals surface area contributed by atoms with Crippen molar-refractivity contribution < 1.29 is 0 Å². The number of rotatable bonds is 2. The van der Waals surface area contributed by atoms with E-state index in [-0.39, 0.29) is 0 Å². The van der Waals surface area contributed by atoms with Crippen molar-refractivity contribution >= 4 is 0 Å². The van der Waals surface area contributed by atoms with Crippen LogP contribution in [-0.2, 0) is 7.05 Å². The molecule has 0 aliphatic rings. The molecule has 3 heterocycles. The van der Waals surface area contributed by atoms with Crippen LogP contribution >= 0.6 is 0 Å². The smallest absolute Gasteiger partial charge is 0.120 e. The van der Waals surface area contributed by atoms with Gasteiger partial charge >= 0.3 is 0 Å². The number of hydrogen-bond donors (Lipinski definition) is 1. The fourth-order valence-electron chi connectivity index (χ4n) is 1.80. The van der Waals surface area contributed by atoms with Gasteiger partial charge in [0.1, 0.15) is 11.4 Å². The van der Waals surface area contributed by atoms with E-state index in [0.29, 0.717) is 0 Å². The van der Waals surface area contributed by atoms with E-state index in [2.05, 4.69) is 20.1 Å². The minimum Gasteiger partial charge on any atom is -0.367 e. The van der Waals surface area contributed by atoms with Gasteiger partial charge in [-0.15, -0.1) is 0 Å². The maximum absolute atomic E-state index is 4.44. The number of H-pyrrole nitrogens is 1. The summed E-state index contributed by atoms with van der Waals surface area (Å²) < 4.78 is 1.78. The molecule has 0 bridgehead atoms. The molecule has 84 valence electrons. The van der Waals surface area contributed by atoms with Gasteiger partial charge in [-0.25, -0.2) is 0 Å². The molecule has 0 spiro atoms. The quantitative estimate of drug-likeness (QED) is 0.724. The minimum atomic E-state index is 0.782. The van der Waals surface area contributed by atoms with Gasteiger partial charge in [-0.3, -0.25) is 14.6 Å². The van der Waals surface area contributed by atoms with E-state index in [1.54, 1.807) is 23.3 Å². The molecule has 3 aromatic heterocycles. The molecule has 3 aromatic rings. The van der Waals surface area contributed by atoms with Gasteiger partial charge in [-0.1, -0.05) is 0 Å². The Morgan fingerprint density at radius 1 is 1.29 bits per heavy atom. The fraction of sp³-hybridized carbons (Fsp3) is 0.0833. The predicted octanol–water partition coefficient (Wildman–Crippen LogP) is 1.87. The van der Waals surface area contributed by atoms with Crippen LogP contribution in [0.1, 0.15) is 0 Å². The molecule has 5 heteroatoms. The Kier molecular flexibility index (Phi) is 2.22. The molecule has 0 atom stereocenters. The zero-order valence-electron chi connectivity index (χ0n) is 9.33. The molecular formula is C12H11N5. The molecule has 17 heavy (non-hydrogen) atoms. The number of aromatic amines is 1. The zero-order valence-corrected chi connectivity index (χ0v) is 9.33. The van der Waals surface area contributed by atoms with Crippen LogP contribution in [0.4, 0.5) is 0 Å². The summed E-state index contributed by atoms with van der Waals surface area (Å²) in [5.74, 6) is 0. The van der Waals surface area contributed by atoms with Crippen molar-refractivity contribution in [1.29, 1.82) is 0 Å². The number of nitrogens with one attached hydrogen (secondary N) is 1. The summed E-state index contributed by atoms with van der Waals surface area (Å²) in [5, 5.41) is 4.44. The summed E-state index contributed by atoms with van der Waals surface area (Å²) in [6.45, 7) is 0. The van der Waals surface area contributed by atoms with Crippen molar-refractivity contribution in [2.45, 2.75) is 0 Å². The molecule has 0 aliphatic heterocycles. The average Bonchev–Trinajstić information content (AvgIpc) is 2.98. The Morgan fingerprint density at radius 2 is 2.24 bits per heavy atom. The summed E-state index contributed by atoms with van der Waals surface area (Å²) in [4.78, 5) is 11.4. The lowest BCUT2D eigenvalue weighted by Crippen LogP contribution is -1.90. The highest BCUT2D eigenvalue weighted by atomic mass is 15.3. The van der Waals surface area contributed by atoms with E-state index >= 15 is 0 Å². The zero-order chi connectivity index (χ0) is 11.7. The van der Waals surface area contributed by atoms with E-state index in [1.807, 2.05) is 31.7 Å². The van der Waals surface area contributed by atoms with Gasteiger partial charge in [0.05, 0.1) is 6.20 Å². The van der Waals surface area contributed by atoms with Gasteiger partial charge in [0.2, 0.25) is 0 Å². The van der Waals surface area contributed by atoms with Gasteiger partial charge in [0, 0.05) is 49.2 Å². The Morgan fingerprint density at radius 3 is 2.94 bits per heavy atom. The number of nitrogens with zero attached hydrogens (tertiary/aromatic N) is 4. The molecule has 0 fully saturated rings. The Hall–Kier alpha value is -2.43. The molecule has 0 radical (unpaired) electrons. The van der Waals surface area contributed by atoms with Gasteiger partial charge in [-0.2, -0.15) is 5.10 Å². The SMILES string of the molecule is Cn1cc(-c2cc[nH]c2)c(-c2cnccn2)n1. The molecule has 0 saturated carbocycles. The van der Waals surface area contributed by atoms with Gasteiger partial charge in [-0.05, 0) is 6.07 Å². The first-order chi connectivity index (χ1) is 8.34. The lowest BCUT2D eigenvalue weighted by molar-refractivity contribution is 0.770. The van der Waals surface area contributed by atoms with Crippen LogP contribution in [0.25, 0.3) is 22.5 Å². The lowest BCUT2D eigenvalue weighted by atomic mass is 10.1. The monoisotopic (exact) mass is 225 g/mol. The lowest BCUT2D eigenvalue weighted by Gasteiger charge is -1.98. The van der Waals surface area contributed by atoms with E-state index in [0.717, 1.165) is 22.5 Å². The topological polar surface area (TPSA) is 59.4 Å². The maximum atomic E-state index is 4.44. The number of hydrogen-bond acceptors (Lipinski definition) is 3. The van der Waals surface area contributed by atoms with E-state index in [1.165, 1.54) is 0 Å². The van der Waals surface area contributed by atoms with Crippen LogP contribution in [0.3, 0.4) is 0 Å². The first kappa shape index (κ1) is 9.77. The first-order valence-corrected chi connectivity index (χ1v) is 5.28. The molecule has 5 nitrogen and oxygen atoms in total. The summed E-state index contributed by atoms with van der Waals surface area (Å²) >= 11 is 0. The van der Waals surface area contributed by atoms with Gasteiger partial charge in [0.25, 0.3) is 0 Å². The summed E-state index contributed by atoms with van der Waals surface area (Å²) in [5.41, 5.74) is 3.78. The van der Waals surface area contributed by atoms with Crippen molar-refractivity contribution in [2.75, 3.05) is 0 Å². The molecular weight excluding hydrogens is 214 g/mol. The molecule has 3 rings (SSSR count).